The third kappa shape index (κ3) is 28.2. The molecule has 0 aromatic rings. The second-order valence-corrected chi connectivity index (χ2v) is 5.75. The van der Waals surface area contributed by atoms with Gasteiger partial charge in [-0.1, -0.05) is 6.92 Å². The van der Waals surface area contributed by atoms with E-state index >= 15 is 0 Å². The molecule has 0 rings (SSSR count). The van der Waals surface area contributed by atoms with Crippen LogP contribution in [0.25, 0.3) is 0 Å². The number of aliphatic hydroxyl groups excluding tert-OH is 1. The van der Waals surface area contributed by atoms with Crippen LogP contribution in [0.3, 0.4) is 0 Å². The minimum Gasteiger partial charge on any atom is -0.412 e. The molecular formula is C14H36N2O5. The summed E-state index contributed by atoms with van der Waals surface area (Å²) >= 11 is 0. The van der Waals surface area contributed by atoms with Crippen molar-refractivity contribution in [2.45, 2.75) is 52.9 Å². The van der Waals surface area contributed by atoms with Gasteiger partial charge in [0.15, 0.2) is 0 Å². The van der Waals surface area contributed by atoms with Crippen LogP contribution in [0.4, 0.5) is 0 Å². The molecule has 0 aliphatic carbocycles. The average Bonchev–Trinajstić information content (AvgIpc) is 2.36. The fourth-order valence-electron chi connectivity index (χ4n) is 0.662. The molecule has 7 heteroatoms. The van der Waals surface area contributed by atoms with E-state index in [-0.39, 0.29) is 22.9 Å². The molecule has 132 valence electrons. The topological polar surface area (TPSA) is 125 Å². The number of methoxy groups -OCH3 is 1. The van der Waals surface area contributed by atoms with Gasteiger partial charge in [-0.25, -0.2) is 0 Å². The lowest BCUT2D eigenvalue weighted by Crippen LogP contribution is -2.39. The third-order valence-corrected chi connectivity index (χ3v) is 2.01. The smallest absolute Gasteiger partial charge is 0.224 e. The van der Waals surface area contributed by atoms with Gasteiger partial charge in [0.05, 0.1) is 18.1 Å². The number of hydrogen-bond donors (Lipinski definition) is 3. The van der Waals surface area contributed by atoms with Crippen molar-refractivity contribution in [1.82, 2.24) is 5.32 Å². The molecule has 0 saturated carbocycles. The van der Waals surface area contributed by atoms with Crippen LogP contribution in [-0.2, 0) is 14.3 Å². The van der Waals surface area contributed by atoms with Gasteiger partial charge >= 0.3 is 0 Å². The number of amides is 1. The fourth-order valence-corrected chi connectivity index (χ4v) is 0.662. The molecule has 0 fully saturated rings. The van der Waals surface area contributed by atoms with Gasteiger partial charge in [0.25, 0.3) is 0 Å². The third-order valence-electron chi connectivity index (χ3n) is 2.01. The van der Waals surface area contributed by atoms with E-state index in [4.69, 9.17) is 20.3 Å². The standard InChI is InChI=1S/C8H18N2O2.C5H12O.CH4O.H2O/c1-6(7(11)10-4)5-12-8(2,3)9;1-5(2,3)6-4;1-2;/h6H,5,9H2,1-4H3,(H,10,11);1-4H3;2H,1H3;1H2/t6-;;;/m1.../s1. The molecule has 0 aromatic heterocycles. The Labute approximate surface area is 129 Å². The Bertz CT molecular complexity index is 234. The Kier molecular flexibility index (Phi) is 19.3. The molecular weight excluding hydrogens is 276 g/mol. The van der Waals surface area contributed by atoms with E-state index in [1.54, 1.807) is 34.9 Å². The zero-order valence-corrected chi connectivity index (χ0v) is 15.0. The second kappa shape index (κ2) is 14.2. The Balaban J connectivity index is -0.000000137. The summed E-state index contributed by atoms with van der Waals surface area (Å²) < 4.78 is 10.2. The van der Waals surface area contributed by atoms with Crippen LogP contribution in [-0.4, -0.2) is 55.7 Å². The summed E-state index contributed by atoms with van der Waals surface area (Å²) in [4.78, 5) is 11.0. The maximum absolute atomic E-state index is 11.0. The lowest BCUT2D eigenvalue weighted by molar-refractivity contribution is -0.128. The number of nitrogens with two attached hydrogens (primary N) is 1. The zero-order valence-electron chi connectivity index (χ0n) is 15.0. The minimum atomic E-state index is -0.664. The average molecular weight is 312 g/mol. The molecule has 0 aliphatic rings. The summed E-state index contributed by atoms with van der Waals surface area (Å²) in [5.74, 6) is -0.183. The van der Waals surface area contributed by atoms with E-state index in [9.17, 15) is 4.79 Å². The molecule has 0 aromatic carbocycles. The first-order chi connectivity index (χ1) is 8.93. The number of carbonyl (C=O) groups excluding carboxylic acids is 1. The predicted octanol–water partition coefficient (Wildman–Crippen LogP) is 0.295. The maximum Gasteiger partial charge on any atom is 0.224 e. The van der Waals surface area contributed by atoms with E-state index < -0.39 is 5.72 Å². The van der Waals surface area contributed by atoms with Crippen molar-refractivity contribution in [2.24, 2.45) is 11.7 Å². The summed E-state index contributed by atoms with van der Waals surface area (Å²) in [7, 11) is 4.31. The highest BCUT2D eigenvalue weighted by molar-refractivity contribution is 5.77. The quantitative estimate of drug-likeness (QED) is 0.644. The minimum absolute atomic E-state index is 0. The first-order valence-electron chi connectivity index (χ1n) is 6.57. The summed E-state index contributed by atoms with van der Waals surface area (Å²) in [6.45, 7) is 11.7. The van der Waals surface area contributed by atoms with E-state index in [0.29, 0.717) is 6.61 Å². The number of hydrogen-bond acceptors (Lipinski definition) is 5. The Morgan fingerprint density at radius 2 is 1.57 bits per heavy atom. The van der Waals surface area contributed by atoms with Crippen LogP contribution in [0.1, 0.15) is 41.5 Å². The number of ether oxygens (including phenoxy) is 2. The largest absolute Gasteiger partial charge is 0.412 e. The van der Waals surface area contributed by atoms with Crippen LogP contribution in [0.2, 0.25) is 0 Å². The molecule has 0 aliphatic heterocycles. The summed E-state index contributed by atoms with van der Waals surface area (Å²) in [6.07, 6.45) is 0. The highest BCUT2D eigenvalue weighted by Gasteiger charge is 2.16. The molecule has 0 unspecified atom stereocenters. The van der Waals surface area contributed by atoms with E-state index in [2.05, 4.69) is 5.32 Å². The van der Waals surface area contributed by atoms with Crippen molar-refractivity contribution in [3.63, 3.8) is 0 Å². The molecule has 0 saturated heterocycles. The first kappa shape index (κ1) is 28.4. The van der Waals surface area contributed by atoms with Gasteiger partial charge < -0.3 is 31.1 Å². The van der Waals surface area contributed by atoms with Crippen LogP contribution >= 0.6 is 0 Å². The highest BCUT2D eigenvalue weighted by Crippen LogP contribution is 2.04. The normalized spacial score (nSPS) is 11.8. The Morgan fingerprint density at radius 3 is 1.76 bits per heavy atom. The van der Waals surface area contributed by atoms with Gasteiger partial charge in [0, 0.05) is 21.3 Å². The van der Waals surface area contributed by atoms with Crippen molar-refractivity contribution in [3.05, 3.63) is 0 Å². The summed E-state index contributed by atoms with van der Waals surface area (Å²) in [5.41, 5.74) is 4.95. The van der Waals surface area contributed by atoms with Crippen molar-refractivity contribution < 1.29 is 24.9 Å². The monoisotopic (exact) mass is 312 g/mol. The molecule has 0 radical (unpaired) electrons. The van der Waals surface area contributed by atoms with Gasteiger partial charge in [-0.2, -0.15) is 0 Å². The highest BCUT2D eigenvalue weighted by atomic mass is 16.5. The van der Waals surface area contributed by atoms with E-state index in [1.807, 2.05) is 20.8 Å². The molecule has 0 bridgehead atoms. The number of aliphatic hydroxyl groups is 1. The van der Waals surface area contributed by atoms with Crippen LogP contribution in [0, 0.1) is 5.92 Å². The van der Waals surface area contributed by atoms with Crippen LogP contribution in [0.15, 0.2) is 0 Å². The van der Waals surface area contributed by atoms with Gasteiger partial charge in [-0.3, -0.25) is 4.79 Å². The van der Waals surface area contributed by atoms with Crippen molar-refractivity contribution in [1.29, 1.82) is 0 Å². The summed E-state index contributed by atoms with van der Waals surface area (Å²) in [6, 6.07) is 0. The molecule has 6 N–H and O–H groups in total. The van der Waals surface area contributed by atoms with Crippen molar-refractivity contribution in [3.8, 4) is 0 Å². The van der Waals surface area contributed by atoms with Crippen LogP contribution in [0.5, 0.6) is 0 Å². The molecule has 7 nitrogen and oxygen atoms in total. The lowest BCUT2D eigenvalue weighted by atomic mass is 10.2. The Morgan fingerprint density at radius 1 is 1.24 bits per heavy atom. The second-order valence-electron chi connectivity index (χ2n) is 5.75. The maximum atomic E-state index is 11.0. The SMILES string of the molecule is CNC(=O)[C@H](C)COC(C)(C)N.CO.COC(C)(C)C.O. The van der Waals surface area contributed by atoms with Gasteiger partial charge in [0.2, 0.25) is 5.91 Å². The Hall–Kier alpha value is -0.730. The van der Waals surface area contributed by atoms with Gasteiger partial charge in [-0.15, -0.1) is 0 Å². The van der Waals surface area contributed by atoms with E-state index in [0.717, 1.165) is 7.11 Å². The van der Waals surface area contributed by atoms with E-state index in [1.165, 1.54) is 0 Å². The zero-order chi connectivity index (χ0) is 17.0. The summed E-state index contributed by atoms with van der Waals surface area (Å²) in [5, 5.41) is 9.54. The van der Waals surface area contributed by atoms with Crippen molar-refractivity contribution in [2.75, 3.05) is 27.9 Å². The fraction of sp³-hybridized carbons (Fsp3) is 0.929. The lowest BCUT2D eigenvalue weighted by Gasteiger charge is -2.21. The number of carbonyl (C=O) groups is 1. The predicted molar refractivity (Wildman–Crippen MR) is 86.0 cm³/mol. The molecule has 1 amide bonds. The molecule has 1 atom stereocenters. The molecule has 21 heavy (non-hydrogen) atoms. The first-order valence-corrected chi connectivity index (χ1v) is 6.57. The van der Waals surface area contributed by atoms with Crippen molar-refractivity contribution >= 4 is 5.91 Å². The number of nitrogens with one attached hydrogen (secondary N) is 1. The van der Waals surface area contributed by atoms with Gasteiger partial charge in [0.1, 0.15) is 5.72 Å². The van der Waals surface area contributed by atoms with Crippen LogP contribution < -0.4 is 11.1 Å². The molecule has 0 spiro atoms. The number of rotatable bonds is 4. The van der Waals surface area contributed by atoms with Gasteiger partial charge in [-0.05, 0) is 34.6 Å². The molecule has 0 heterocycles.